The molecule has 4 fully saturated rings. The van der Waals surface area contributed by atoms with Crippen molar-refractivity contribution in [1.82, 2.24) is 0 Å². The van der Waals surface area contributed by atoms with Crippen molar-refractivity contribution in [3.05, 3.63) is 0 Å². The fraction of sp³-hybridized carbons (Fsp3) is 0.821. The molecule has 0 aromatic heterocycles. The van der Waals surface area contributed by atoms with Crippen LogP contribution in [0.25, 0.3) is 0 Å². The Bertz CT molecular complexity index is 908. The van der Waals surface area contributed by atoms with Crippen LogP contribution in [0.4, 0.5) is 0 Å². The van der Waals surface area contributed by atoms with Gasteiger partial charge in [-0.3, -0.25) is 24.0 Å². The molecule has 6 nitrogen and oxygen atoms in total. The molecule has 0 N–H and O–H groups in total. The lowest BCUT2D eigenvalue weighted by Crippen LogP contribution is -2.57. The highest BCUT2D eigenvalue weighted by atomic mass is 16.5. The minimum absolute atomic E-state index is 0.000908. The molecule has 0 aromatic rings. The van der Waals surface area contributed by atoms with Crippen LogP contribution >= 0.6 is 0 Å². The standard InChI is InChI=1S/C28H40O6/c1-14(29)25(15(2)30)21-12-23-20-8-7-18-11-19(34-17(4)32)9-10-27(18,5)22(20)13-24(33)28(23,6)26(21)16(3)31/h18-23,25-26H,7-13H2,1-6H3/t18-,19+,20-,21+,22+,23+,26+,27+,28-/m1/s1. The van der Waals surface area contributed by atoms with Crippen LogP contribution in [-0.4, -0.2) is 35.2 Å². The normalized spacial score (nSPS) is 43.5. The van der Waals surface area contributed by atoms with Gasteiger partial charge in [-0.2, -0.15) is 0 Å². The Kier molecular flexibility index (Phi) is 6.44. The fourth-order valence-electron chi connectivity index (χ4n) is 9.32. The van der Waals surface area contributed by atoms with E-state index in [1.807, 2.05) is 6.92 Å². The highest BCUT2D eigenvalue weighted by Gasteiger charge is 2.67. The molecule has 4 aliphatic rings. The molecule has 0 heterocycles. The van der Waals surface area contributed by atoms with Crippen LogP contribution in [-0.2, 0) is 28.7 Å². The van der Waals surface area contributed by atoms with Gasteiger partial charge in [-0.1, -0.05) is 13.8 Å². The molecule has 0 spiro atoms. The number of rotatable bonds is 5. The first-order valence-electron chi connectivity index (χ1n) is 13.0. The lowest BCUT2D eigenvalue weighted by atomic mass is 9.44. The summed E-state index contributed by atoms with van der Waals surface area (Å²) in [5.41, 5.74) is -0.806. The minimum Gasteiger partial charge on any atom is -0.463 e. The maximum Gasteiger partial charge on any atom is 0.302 e. The smallest absolute Gasteiger partial charge is 0.302 e. The molecule has 0 amide bonds. The summed E-state index contributed by atoms with van der Waals surface area (Å²) in [6, 6.07) is 0. The van der Waals surface area contributed by atoms with Crippen LogP contribution in [0.2, 0.25) is 0 Å². The summed E-state index contributed by atoms with van der Waals surface area (Å²) in [5, 5.41) is 0. The summed E-state index contributed by atoms with van der Waals surface area (Å²) in [5.74, 6) is -1.39. The van der Waals surface area contributed by atoms with Gasteiger partial charge in [-0.05, 0) is 94.3 Å². The van der Waals surface area contributed by atoms with E-state index in [-0.39, 0.29) is 52.5 Å². The van der Waals surface area contributed by atoms with Crippen LogP contribution in [0.15, 0.2) is 0 Å². The van der Waals surface area contributed by atoms with Crippen molar-refractivity contribution >= 4 is 29.1 Å². The van der Waals surface area contributed by atoms with Gasteiger partial charge in [0.25, 0.3) is 0 Å². The average molecular weight is 473 g/mol. The number of hydrogen-bond donors (Lipinski definition) is 0. The number of hydrogen-bond acceptors (Lipinski definition) is 6. The van der Waals surface area contributed by atoms with Gasteiger partial charge in [0.2, 0.25) is 0 Å². The van der Waals surface area contributed by atoms with Gasteiger partial charge in [-0.25, -0.2) is 0 Å². The number of esters is 1. The van der Waals surface area contributed by atoms with Crippen molar-refractivity contribution in [2.75, 3.05) is 0 Å². The zero-order valence-electron chi connectivity index (χ0n) is 21.5. The number of ether oxygens (including phenoxy) is 1. The molecule has 0 aromatic carbocycles. The monoisotopic (exact) mass is 472 g/mol. The molecule has 4 saturated carbocycles. The van der Waals surface area contributed by atoms with E-state index >= 15 is 0 Å². The SMILES string of the molecule is CC(=O)O[C@H]1CC[C@@]2(C)[C@H](CC[C@@H]3[C@@H]2CC(=O)[C@@]2(C)[C@H]3C[C@@H](C(C(C)=O)C(C)=O)[C@@H]2C(C)=O)C1. The van der Waals surface area contributed by atoms with Crippen molar-refractivity contribution in [1.29, 1.82) is 0 Å². The molecule has 0 radical (unpaired) electrons. The first-order valence-corrected chi connectivity index (χ1v) is 13.0. The number of fused-ring (bicyclic) bond motifs is 5. The average Bonchev–Trinajstić information content (AvgIpc) is 3.02. The number of carbonyl (C=O) groups excluding carboxylic acids is 5. The summed E-state index contributed by atoms with van der Waals surface area (Å²) in [6.45, 7) is 10.1. The van der Waals surface area contributed by atoms with Crippen LogP contribution in [0.5, 0.6) is 0 Å². The lowest BCUT2D eigenvalue weighted by Gasteiger charge is -2.60. The molecule has 0 bridgehead atoms. The second-order valence-electron chi connectivity index (χ2n) is 12.3. The van der Waals surface area contributed by atoms with E-state index < -0.39 is 23.2 Å². The quantitative estimate of drug-likeness (QED) is 0.436. The topological polar surface area (TPSA) is 94.6 Å². The number of ketones is 4. The van der Waals surface area contributed by atoms with E-state index in [1.165, 1.54) is 27.7 Å². The van der Waals surface area contributed by atoms with Crippen molar-refractivity contribution in [2.45, 2.75) is 92.6 Å². The molecule has 6 heteroatoms. The van der Waals surface area contributed by atoms with Crippen molar-refractivity contribution in [3.63, 3.8) is 0 Å². The molecule has 0 saturated heterocycles. The van der Waals surface area contributed by atoms with Gasteiger partial charge in [0, 0.05) is 24.7 Å². The first kappa shape index (κ1) is 25.2. The second-order valence-corrected chi connectivity index (χ2v) is 12.3. The van der Waals surface area contributed by atoms with Crippen molar-refractivity contribution in [3.8, 4) is 0 Å². The molecule has 4 aliphatic carbocycles. The molecular weight excluding hydrogens is 432 g/mol. The second kappa shape index (κ2) is 8.67. The summed E-state index contributed by atoms with van der Waals surface area (Å²) >= 11 is 0. The lowest BCUT2D eigenvalue weighted by molar-refractivity contribution is -0.167. The molecular formula is C28H40O6. The zero-order chi connectivity index (χ0) is 25.2. The van der Waals surface area contributed by atoms with E-state index in [2.05, 4.69) is 6.92 Å². The largest absolute Gasteiger partial charge is 0.463 e. The first-order chi connectivity index (χ1) is 15.8. The van der Waals surface area contributed by atoms with Gasteiger partial charge in [0.15, 0.2) is 0 Å². The third-order valence-corrected chi connectivity index (χ3v) is 10.7. The van der Waals surface area contributed by atoms with Gasteiger partial charge >= 0.3 is 5.97 Å². The molecule has 0 aliphatic heterocycles. The highest BCUT2D eigenvalue weighted by molar-refractivity contribution is 6.02. The third kappa shape index (κ3) is 3.71. The Balaban J connectivity index is 1.68. The number of Topliss-reactive ketones (excluding diaryl/α,β-unsaturated/α-hetero) is 4. The molecule has 4 rings (SSSR count). The molecule has 0 unspecified atom stereocenters. The minimum atomic E-state index is -0.811. The molecule has 34 heavy (non-hydrogen) atoms. The van der Waals surface area contributed by atoms with E-state index in [0.717, 1.165) is 32.1 Å². The van der Waals surface area contributed by atoms with Gasteiger partial charge in [0.05, 0.1) is 5.92 Å². The maximum absolute atomic E-state index is 13.9. The summed E-state index contributed by atoms with van der Waals surface area (Å²) < 4.78 is 5.55. The van der Waals surface area contributed by atoms with Crippen LogP contribution in [0.3, 0.4) is 0 Å². The molecule has 9 atom stereocenters. The maximum atomic E-state index is 13.9. The predicted molar refractivity (Wildman–Crippen MR) is 126 cm³/mol. The Labute approximate surface area is 202 Å². The summed E-state index contributed by atoms with van der Waals surface area (Å²) in [6.07, 6.45) is 5.62. The molecule has 188 valence electrons. The summed E-state index contributed by atoms with van der Waals surface area (Å²) in [7, 11) is 0. The zero-order valence-corrected chi connectivity index (χ0v) is 21.5. The number of carbonyl (C=O) groups is 5. The Morgan fingerprint density at radius 1 is 0.912 bits per heavy atom. The predicted octanol–water partition coefficient (Wildman–Crippen LogP) is 4.37. The van der Waals surface area contributed by atoms with Gasteiger partial charge < -0.3 is 4.74 Å². The van der Waals surface area contributed by atoms with E-state index in [4.69, 9.17) is 4.74 Å². The van der Waals surface area contributed by atoms with E-state index in [0.29, 0.717) is 24.7 Å². The van der Waals surface area contributed by atoms with Gasteiger partial charge in [0.1, 0.15) is 29.2 Å². The fourth-order valence-corrected chi connectivity index (χ4v) is 9.32. The van der Waals surface area contributed by atoms with Crippen LogP contribution < -0.4 is 0 Å². The van der Waals surface area contributed by atoms with Crippen LogP contribution in [0, 0.1) is 52.3 Å². The van der Waals surface area contributed by atoms with E-state index in [9.17, 15) is 24.0 Å². The van der Waals surface area contributed by atoms with Crippen molar-refractivity contribution in [2.24, 2.45) is 52.3 Å². The van der Waals surface area contributed by atoms with E-state index in [1.54, 1.807) is 0 Å². The highest BCUT2D eigenvalue weighted by Crippen LogP contribution is 2.68. The van der Waals surface area contributed by atoms with Crippen molar-refractivity contribution < 1.29 is 28.7 Å². The Hall–Kier alpha value is -1.85. The Morgan fingerprint density at radius 2 is 1.56 bits per heavy atom. The third-order valence-electron chi connectivity index (χ3n) is 10.7. The Morgan fingerprint density at radius 3 is 2.12 bits per heavy atom. The van der Waals surface area contributed by atoms with Crippen LogP contribution in [0.1, 0.15) is 86.5 Å². The summed E-state index contributed by atoms with van der Waals surface area (Å²) in [4.78, 5) is 63.4. The van der Waals surface area contributed by atoms with Gasteiger partial charge in [-0.15, -0.1) is 0 Å².